The number of nitrogens with zero attached hydrogens (tertiary/aromatic N) is 1. The number of aromatic carboxylic acids is 1. The molecule has 0 aliphatic heterocycles. The van der Waals surface area contributed by atoms with Crippen molar-refractivity contribution in [1.82, 2.24) is 4.90 Å². The van der Waals surface area contributed by atoms with Crippen molar-refractivity contribution in [1.29, 1.82) is 0 Å². The number of hydrogen-bond donors (Lipinski definition) is 1. The van der Waals surface area contributed by atoms with E-state index in [1.165, 1.54) is 44.6 Å². The van der Waals surface area contributed by atoms with Crippen molar-refractivity contribution < 1.29 is 14.6 Å². The van der Waals surface area contributed by atoms with Gasteiger partial charge in [-0.2, -0.15) is 0 Å². The Balaban J connectivity index is 0.000000288. The summed E-state index contributed by atoms with van der Waals surface area (Å²) in [6, 6.07) is 37.0. The predicted molar refractivity (Wildman–Crippen MR) is 229 cm³/mol. The van der Waals surface area contributed by atoms with Crippen LogP contribution in [-0.4, -0.2) is 49.0 Å². The fourth-order valence-electron chi connectivity index (χ4n) is 5.73. The smallest absolute Gasteiger partial charge is 0.336 e. The van der Waals surface area contributed by atoms with E-state index in [1.807, 2.05) is 12.1 Å². The molecule has 4 rings (SSSR count). The van der Waals surface area contributed by atoms with Crippen LogP contribution >= 0.6 is 11.8 Å². The van der Waals surface area contributed by atoms with Crippen LogP contribution in [0.4, 0.5) is 0 Å². The van der Waals surface area contributed by atoms with E-state index in [-0.39, 0.29) is 0 Å². The maximum Gasteiger partial charge on any atom is 0.336 e. The molecular weight excluding hydrogens is 671 g/mol. The van der Waals surface area contributed by atoms with Crippen LogP contribution in [0.25, 0.3) is 11.1 Å². The van der Waals surface area contributed by atoms with Gasteiger partial charge in [-0.25, -0.2) is 4.79 Å². The molecule has 280 valence electrons. The SMILES string of the molecule is CC(C)=CCC/C(C)=C/CC/C(C)=C/CSc1ccccc1C(=O)O.CC/C(=C(\c1ccccc1)c1ccc(OCCN(C)C)cc1)c1ccccc1. The molecule has 0 aliphatic carbocycles. The minimum atomic E-state index is -0.863. The predicted octanol–water partition coefficient (Wildman–Crippen LogP) is 12.9. The molecule has 4 aromatic rings. The molecule has 53 heavy (non-hydrogen) atoms. The summed E-state index contributed by atoms with van der Waals surface area (Å²) in [5.74, 6) is 0.854. The summed E-state index contributed by atoms with van der Waals surface area (Å²) in [5.41, 5.74) is 10.9. The largest absolute Gasteiger partial charge is 0.492 e. The molecule has 4 nitrogen and oxygen atoms in total. The number of hydrogen-bond acceptors (Lipinski definition) is 4. The number of carboxylic acids is 1. The highest BCUT2D eigenvalue weighted by Gasteiger charge is 2.13. The molecule has 0 aromatic heterocycles. The average Bonchev–Trinajstić information content (AvgIpc) is 3.15. The molecule has 0 spiro atoms. The highest BCUT2D eigenvalue weighted by atomic mass is 32.2. The van der Waals surface area contributed by atoms with Gasteiger partial charge in [0.05, 0.1) is 5.56 Å². The summed E-state index contributed by atoms with van der Waals surface area (Å²) in [6.45, 7) is 12.5. The Morgan fingerprint density at radius 3 is 1.83 bits per heavy atom. The summed E-state index contributed by atoms with van der Waals surface area (Å²) < 4.78 is 5.87. The van der Waals surface area contributed by atoms with Gasteiger partial charge in [0.1, 0.15) is 12.4 Å². The molecule has 0 unspecified atom stereocenters. The zero-order chi connectivity index (χ0) is 38.4. The van der Waals surface area contributed by atoms with Crippen LogP contribution in [0, 0.1) is 0 Å². The number of carboxylic acid groups (broad SMARTS) is 1. The number of rotatable bonds is 18. The number of thioether (sulfide) groups is 1. The average molecular weight is 730 g/mol. The molecule has 0 bridgehead atoms. The van der Waals surface area contributed by atoms with Crippen LogP contribution in [0.15, 0.2) is 149 Å². The third kappa shape index (κ3) is 15.9. The lowest BCUT2D eigenvalue weighted by Crippen LogP contribution is -2.19. The number of likely N-dealkylation sites (N-methyl/N-ethyl adjacent to an activating group) is 1. The minimum Gasteiger partial charge on any atom is -0.492 e. The van der Waals surface area contributed by atoms with E-state index in [0.717, 1.165) is 55.0 Å². The maximum absolute atomic E-state index is 11.2. The molecule has 1 N–H and O–H groups in total. The summed E-state index contributed by atoms with van der Waals surface area (Å²) >= 11 is 1.58. The molecule has 0 saturated heterocycles. The van der Waals surface area contributed by atoms with Crippen molar-refractivity contribution >= 4 is 28.9 Å². The highest BCUT2D eigenvalue weighted by molar-refractivity contribution is 7.99. The molecule has 0 fully saturated rings. The standard InChI is InChI=1S/C26H29NO.C22H30O2S/c1-4-25(21-11-7-5-8-12-21)26(22-13-9-6-10-14-22)23-15-17-24(18-16-23)28-20-19-27(2)3;1-17(2)9-7-10-18(3)11-8-12-19(4)15-16-25-21-14-6-5-13-20(21)22(23)24/h5-18H,4,19-20H2,1-3H3;5-6,9,11,13-15H,7-8,10,12,16H2,1-4H3,(H,23,24)/b26-25-;18-11+,19-15+. The van der Waals surface area contributed by atoms with E-state index in [1.54, 1.807) is 23.9 Å². The number of ether oxygens (including phenoxy) is 1. The van der Waals surface area contributed by atoms with Crippen LogP contribution in [0.3, 0.4) is 0 Å². The molecule has 0 amide bonds. The molecule has 0 radical (unpaired) electrons. The molecular formula is C48H59NO3S. The molecule has 0 saturated carbocycles. The van der Waals surface area contributed by atoms with Crippen LogP contribution < -0.4 is 4.74 Å². The van der Waals surface area contributed by atoms with Crippen molar-refractivity contribution in [2.75, 3.05) is 33.0 Å². The lowest BCUT2D eigenvalue weighted by Gasteiger charge is -2.17. The van der Waals surface area contributed by atoms with Crippen molar-refractivity contribution in [3.63, 3.8) is 0 Å². The van der Waals surface area contributed by atoms with E-state index >= 15 is 0 Å². The second-order valence-corrected chi connectivity index (χ2v) is 14.7. The van der Waals surface area contributed by atoms with Gasteiger partial charge in [0.15, 0.2) is 0 Å². The molecule has 4 aromatic carbocycles. The van der Waals surface area contributed by atoms with Crippen molar-refractivity contribution in [2.24, 2.45) is 0 Å². The van der Waals surface area contributed by atoms with Gasteiger partial charge in [-0.3, -0.25) is 0 Å². The van der Waals surface area contributed by atoms with Crippen molar-refractivity contribution in [3.05, 3.63) is 166 Å². The Bertz CT molecular complexity index is 1800. The van der Waals surface area contributed by atoms with E-state index in [0.29, 0.717) is 12.2 Å². The fraction of sp³-hybridized carbons (Fsp3) is 0.312. The Labute approximate surface area is 324 Å². The normalized spacial score (nSPS) is 12.1. The summed E-state index contributed by atoms with van der Waals surface area (Å²) in [7, 11) is 4.11. The second-order valence-electron chi connectivity index (χ2n) is 13.7. The first-order valence-corrected chi connectivity index (χ1v) is 19.7. The Hall–Kier alpha value is -4.58. The summed E-state index contributed by atoms with van der Waals surface area (Å²) in [6.07, 6.45) is 12.2. The lowest BCUT2D eigenvalue weighted by molar-refractivity contribution is 0.0693. The zero-order valence-electron chi connectivity index (χ0n) is 32.9. The first-order chi connectivity index (χ1) is 25.6. The molecule has 5 heteroatoms. The van der Waals surface area contributed by atoms with E-state index in [9.17, 15) is 9.90 Å². The summed E-state index contributed by atoms with van der Waals surface area (Å²) in [4.78, 5) is 14.1. The van der Waals surface area contributed by atoms with Gasteiger partial charge in [-0.05, 0) is 126 Å². The van der Waals surface area contributed by atoms with Crippen LogP contribution in [0.2, 0.25) is 0 Å². The molecule has 0 atom stereocenters. The maximum atomic E-state index is 11.2. The van der Waals surface area contributed by atoms with Gasteiger partial charge in [-0.15, -0.1) is 11.8 Å². The highest BCUT2D eigenvalue weighted by Crippen LogP contribution is 2.35. The van der Waals surface area contributed by atoms with E-state index < -0.39 is 5.97 Å². The van der Waals surface area contributed by atoms with Gasteiger partial charge < -0.3 is 14.7 Å². The third-order valence-electron chi connectivity index (χ3n) is 8.70. The first kappa shape index (κ1) is 42.8. The summed E-state index contributed by atoms with van der Waals surface area (Å²) in [5, 5.41) is 9.20. The van der Waals surface area contributed by atoms with Gasteiger partial charge in [-0.1, -0.05) is 127 Å². The van der Waals surface area contributed by atoms with Gasteiger partial charge >= 0.3 is 5.97 Å². The third-order valence-corrected chi connectivity index (χ3v) is 9.70. The Morgan fingerprint density at radius 2 is 1.25 bits per heavy atom. The van der Waals surface area contributed by atoms with Gasteiger partial charge in [0.2, 0.25) is 0 Å². The van der Waals surface area contributed by atoms with Gasteiger partial charge in [0.25, 0.3) is 0 Å². The van der Waals surface area contributed by atoms with Crippen molar-refractivity contribution in [3.8, 4) is 5.75 Å². The van der Waals surface area contributed by atoms with Crippen LogP contribution in [0.5, 0.6) is 5.75 Å². The van der Waals surface area contributed by atoms with Gasteiger partial charge in [0, 0.05) is 17.2 Å². The number of allylic oxidation sites excluding steroid dienone is 6. The quantitative estimate of drug-likeness (QED) is 0.0628. The lowest BCUT2D eigenvalue weighted by atomic mass is 9.88. The molecule has 0 aliphatic rings. The number of carbonyl (C=O) groups is 1. The van der Waals surface area contributed by atoms with E-state index in [2.05, 4.69) is 157 Å². The Kier molecular flexibility index (Phi) is 19.3. The monoisotopic (exact) mass is 729 g/mol. The zero-order valence-corrected chi connectivity index (χ0v) is 33.7. The molecule has 0 heterocycles. The second kappa shape index (κ2) is 23.9. The van der Waals surface area contributed by atoms with E-state index in [4.69, 9.17) is 4.74 Å². The van der Waals surface area contributed by atoms with Crippen molar-refractivity contribution in [2.45, 2.75) is 71.6 Å². The first-order valence-electron chi connectivity index (χ1n) is 18.7. The number of benzene rings is 4. The minimum absolute atomic E-state index is 0.383. The fourth-order valence-corrected chi connectivity index (χ4v) is 6.76. The van der Waals surface area contributed by atoms with Crippen LogP contribution in [-0.2, 0) is 0 Å². The van der Waals surface area contributed by atoms with Crippen LogP contribution in [0.1, 0.15) is 93.8 Å². The topological polar surface area (TPSA) is 49.8 Å². The Morgan fingerprint density at radius 1 is 0.698 bits per heavy atom.